The minimum Gasteiger partial charge on any atom is -0.495 e. The number of aryl methyl sites for hydroxylation is 1. The fourth-order valence-corrected chi connectivity index (χ4v) is 3.35. The van der Waals surface area contributed by atoms with Crippen molar-refractivity contribution in [2.45, 2.75) is 24.9 Å². The molecule has 8 nitrogen and oxygen atoms in total. The molecule has 0 aliphatic heterocycles. The number of ether oxygens (including phenoxy) is 1. The molecule has 31 heavy (non-hydrogen) atoms. The summed E-state index contributed by atoms with van der Waals surface area (Å²) in [6, 6.07) is 11.9. The van der Waals surface area contributed by atoms with Crippen LogP contribution in [0.3, 0.4) is 0 Å². The Bertz CT molecular complexity index is 1080. The van der Waals surface area contributed by atoms with E-state index in [2.05, 4.69) is 25.6 Å². The van der Waals surface area contributed by atoms with E-state index in [0.29, 0.717) is 34.3 Å². The third-order valence-corrected chi connectivity index (χ3v) is 5.46. The van der Waals surface area contributed by atoms with Crippen LogP contribution in [0.25, 0.3) is 0 Å². The van der Waals surface area contributed by atoms with E-state index in [9.17, 15) is 9.18 Å². The van der Waals surface area contributed by atoms with E-state index in [1.165, 1.54) is 17.8 Å². The first kappa shape index (κ1) is 22.3. The van der Waals surface area contributed by atoms with Crippen molar-refractivity contribution in [1.82, 2.24) is 15.0 Å². The summed E-state index contributed by atoms with van der Waals surface area (Å²) in [6.45, 7) is 3.42. The van der Waals surface area contributed by atoms with Crippen LogP contribution in [-0.2, 0) is 10.5 Å². The van der Waals surface area contributed by atoms with Gasteiger partial charge in [-0.25, -0.2) is 4.39 Å². The number of aromatic nitrogens is 3. The number of anilines is 4. The predicted molar refractivity (Wildman–Crippen MR) is 121 cm³/mol. The Hall–Kier alpha value is -3.40. The monoisotopic (exact) mass is 442 g/mol. The SMILES string of the molecule is COc1ccccc1Nc1nc(N)nc(CSC(C)C(=O)Nc2ccc(C)c(F)c2)n1. The van der Waals surface area contributed by atoms with Gasteiger partial charge in [0.15, 0.2) is 0 Å². The fourth-order valence-electron chi connectivity index (χ4n) is 2.62. The third kappa shape index (κ3) is 6.05. The van der Waals surface area contributed by atoms with Gasteiger partial charge in [-0.2, -0.15) is 15.0 Å². The summed E-state index contributed by atoms with van der Waals surface area (Å²) >= 11 is 1.33. The minimum atomic E-state index is -0.423. The number of hydrogen-bond acceptors (Lipinski definition) is 8. The summed E-state index contributed by atoms with van der Waals surface area (Å²) in [7, 11) is 1.57. The van der Waals surface area contributed by atoms with Gasteiger partial charge < -0.3 is 21.1 Å². The molecule has 0 bridgehead atoms. The average molecular weight is 443 g/mol. The zero-order valence-corrected chi connectivity index (χ0v) is 18.2. The molecule has 3 aromatic rings. The van der Waals surface area contributed by atoms with E-state index in [1.54, 1.807) is 33.1 Å². The summed E-state index contributed by atoms with van der Waals surface area (Å²) in [5, 5.41) is 5.35. The lowest BCUT2D eigenvalue weighted by molar-refractivity contribution is -0.115. The number of carbonyl (C=O) groups excluding carboxylic acids is 1. The molecule has 1 atom stereocenters. The highest BCUT2D eigenvalue weighted by molar-refractivity contribution is 7.99. The molecule has 4 N–H and O–H groups in total. The zero-order chi connectivity index (χ0) is 22.4. The van der Waals surface area contributed by atoms with Gasteiger partial charge in [0.25, 0.3) is 0 Å². The molecule has 0 saturated heterocycles. The van der Waals surface area contributed by atoms with Gasteiger partial charge in [-0.3, -0.25) is 4.79 Å². The van der Waals surface area contributed by atoms with Crippen molar-refractivity contribution in [3.63, 3.8) is 0 Å². The number of hydrogen-bond donors (Lipinski definition) is 3. The number of nitrogens with zero attached hydrogens (tertiary/aromatic N) is 3. The molecule has 0 saturated carbocycles. The first-order chi connectivity index (χ1) is 14.9. The number of amides is 1. The van der Waals surface area contributed by atoms with Crippen LogP contribution >= 0.6 is 11.8 Å². The predicted octanol–water partition coefficient (Wildman–Crippen LogP) is 3.91. The van der Waals surface area contributed by atoms with E-state index in [4.69, 9.17) is 10.5 Å². The molecule has 1 unspecified atom stereocenters. The van der Waals surface area contributed by atoms with Gasteiger partial charge in [0.05, 0.1) is 23.8 Å². The quantitative estimate of drug-likeness (QED) is 0.481. The Morgan fingerprint density at radius 1 is 1.23 bits per heavy atom. The number of benzene rings is 2. The third-order valence-electron chi connectivity index (χ3n) is 4.32. The standard InChI is InChI=1S/C21H23FN6O2S/c1-12-8-9-14(10-15(12)22)24-19(29)13(2)31-11-18-26-20(23)28-21(27-18)25-16-6-4-5-7-17(16)30-3/h4-10,13H,11H2,1-3H3,(H,24,29)(H3,23,25,26,27,28). The van der Waals surface area contributed by atoms with Crippen molar-refractivity contribution >= 4 is 40.9 Å². The molecule has 1 heterocycles. The number of para-hydroxylation sites is 2. The van der Waals surface area contributed by atoms with Crippen molar-refractivity contribution in [2.75, 3.05) is 23.5 Å². The van der Waals surface area contributed by atoms with E-state index < -0.39 is 5.25 Å². The first-order valence-corrected chi connectivity index (χ1v) is 10.5. The van der Waals surface area contributed by atoms with E-state index >= 15 is 0 Å². The zero-order valence-electron chi connectivity index (χ0n) is 17.3. The summed E-state index contributed by atoms with van der Waals surface area (Å²) in [6.07, 6.45) is 0. The maximum Gasteiger partial charge on any atom is 0.237 e. The Labute approximate surface area is 183 Å². The van der Waals surface area contributed by atoms with E-state index in [0.717, 1.165) is 0 Å². The molecule has 0 aliphatic rings. The molecule has 1 amide bonds. The largest absolute Gasteiger partial charge is 0.495 e. The summed E-state index contributed by atoms with van der Waals surface area (Å²) in [5.74, 6) is 1.13. The smallest absolute Gasteiger partial charge is 0.237 e. The second kappa shape index (κ2) is 10.1. The lowest BCUT2D eigenvalue weighted by Gasteiger charge is -2.13. The van der Waals surface area contributed by atoms with Gasteiger partial charge in [-0.15, -0.1) is 11.8 Å². The summed E-state index contributed by atoms with van der Waals surface area (Å²) in [4.78, 5) is 25.0. The molecule has 162 valence electrons. The number of methoxy groups -OCH3 is 1. The second-order valence-electron chi connectivity index (χ2n) is 6.67. The molecule has 0 spiro atoms. The second-order valence-corrected chi connectivity index (χ2v) is 7.99. The van der Waals surface area contributed by atoms with Gasteiger partial charge in [0.1, 0.15) is 17.4 Å². The minimum absolute atomic E-state index is 0.0650. The first-order valence-electron chi connectivity index (χ1n) is 9.45. The van der Waals surface area contributed by atoms with Crippen LogP contribution < -0.4 is 21.1 Å². The highest BCUT2D eigenvalue weighted by Gasteiger charge is 2.16. The molecule has 0 fully saturated rings. The number of halogens is 1. The lowest BCUT2D eigenvalue weighted by Crippen LogP contribution is -2.23. The normalized spacial score (nSPS) is 11.6. The topological polar surface area (TPSA) is 115 Å². The van der Waals surface area contributed by atoms with Crippen molar-refractivity contribution in [3.05, 3.63) is 59.7 Å². The number of thioether (sulfide) groups is 1. The van der Waals surface area contributed by atoms with Gasteiger partial charge in [0.2, 0.25) is 17.8 Å². The Balaban J connectivity index is 1.63. The molecule has 0 radical (unpaired) electrons. The fraction of sp³-hybridized carbons (Fsp3) is 0.238. The number of nitrogen functional groups attached to an aromatic ring is 1. The van der Waals surface area contributed by atoms with Crippen LogP contribution in [0.15, 0.2) is 42.5 Å². The number of carbonyl (C=O) groups is 1. The highest BCUT2D eigenvalue weighted by Crippen LogP contribution is 2.26. The van der Waals surface area contributed by atoms with E-state index in [1.807, 2.05) is 24.3 Å². The van der Waals surface area contributed by atoms with Crippen LogP contribution in [0, 0.1) is 12.7 Å². The number of nitrogens with two attached hydrogens (primary N) is 1. The number of rotatable bonds is 8. The van der Waals surface area contributed by atoms with E-state index in [-0.39, 0.29) is 23.6 Å². The average Bonchev–Trinajstić information content (AvgIpc) is 2.74. The van der Waals surface area contributed by atoms with Crippen molar-refractivity contribution < 1.29 is 13.9 Å². The van der Waals surface area contributed by atoms with Crippen LogP contribution in [0.5, 0.6) is 5.75 Å². The maximum atomic E-state index is 13.7. The molecule has 3 rings (SSSR count). The lowest BCUT2D eigenvalue weighted by atomic mass is 10.2. The Kier molecular flexibility index (Phi) is 7.24. The van der Waals surface area contributed by atoms with Gasteiger partial charge in [-0.05, 0) is 43.7 Å². The molecule has 0 aliphatic carbocycles. The highest BCUT2D eigenvalue weighted by atomic mass is 32.2. The van der Waals surface area contributed by atoms with Gasteiger partial charge in [-0.1, -0.05) is 18.2 Å². The van der Waals surface area contributed by atoms with Gasteiger partial charge >= 0.3 is 0 Å². The van der Waals surface area contributed by atoms with Crippen molar-refractivity contribution in [3.8, 4) is 5.75 Å². The maximum absolute atomic E-state index is 13.7. The summed E-state index contributed by atoms with van der Waals surface area (Å²) < 4.78 is 19.0. The van der Waals surface area contributed by atoms with Crippen molar-refractivity contribution in [1.29, 1.82) is 0 Å². The molecule has 1 aromatic heterocycles. The van der Waals surface area contributed by atoms with Crippen LogP contribution in [0.2, 0.25) is 0 Å². The van der Waals surface area contributed by atoms with Gasteiger partial charge in [0, 0.05) is 5.69 Å². The molecular formula is C21H23FN6O2S. The number of nitrogens with one attached hydrogen (secondary N) is 2. The van der Waals surface area contributed by atoms with Crippen LogP contribution in [0.4, 0.5) is 27.7 Å². The summed E-state index contributed by atoms with van der Waals surface area (Å²) in [5.41, 5.74) is 7.44. The van der Waals surface area contributed by atoms with Crippen LogP contribution in [0.1, 0.15) is 18.3 Å². The Morgan fingerprint density at radius 3 is 2.74 bits per heavy atom. The van der Waals surface area contributed by atoms with Crippen LogP contribution in [-0.4, -0.2) is 33.2 Å². The molecule has 2 aromatic carbocycles. The molecule has 10 heteroatoms. The Morgan fingerprint density at radius 2 is 2.00 bits per heavy atom. The molecular weight excluding hydrogens is 419 g/mol. The van der Waals surface area contributed by atoms with Crippen molar-refractivity contribution in [2.24, 2.45) is 0 Å².